The number of hydrogen-bond acceptors (Lipinski definition) is 4. The molecule has 0 bridgehead atoms. The van der Waals surface area contributed by atoms with Gasteiger partial charge in [-0.2, -0.15) is 0 Å². The van der Waals surface area contributed by atoms with Crippen molar-refractivity contribution in [1.29, 1.82) is 0 Å². The van der Waals surface area contributed by atoms with Gasteiger partial charge in [-0.3, -0.25) is 9.59 Å². The number of carbonyl (C=O) groups is 2. The molecule has 0 radical (unpaired) electrons. The van der Waals surface area contributed by atoms with Crippen LogP contribution in [0.15, 0.2) is 0 Å². The Morgan fingerprint density at radius 1 is 1.26 bits per heavy atom. The summed E-state index contributed by atoms with van der Waals surface area (Å²) in [6.45, 7) is 2.84. The molecule has 2 fully saturated rings. The first-order valence-corrected chi connectivity index (χ1v) is 7.04. The van der Waals surface area contributed by atoms with Gasteiger partial charge >= 0.3 is 0 Å². The van der Waals surface area contributed by atoms with Crippen molar-refractivity contribution in [1.82, 2.24) is 10.2 Å². The molecule has 0 spiro atoms. The highest BCUT2D eigenvalue weighted by Crippen LogP contribution is 2.15. The van der Waals surface area contributed by atoms with Crippen molar-refractivity contribution in [3.63, 3.8) is 0 Å². The lowest BCUT2D eigenvalue weighted by atomic mass is 9.99. The number of ether oxygens (including phenoxy) is 1. The van der Waals surface area contributed by atoms with Crippen LogP contribution < -0.4 is 11.1 Å². The molecule has 1 unspecified atom stereocenters. The van der Waals surface area contributed by atoms with Crippen LogP contribution in [0.25, 0.3) is 0 Å². The Bertz CT molecular complexity index is 334. The van der Waals surface area contributed by atoms with Gasteiger partial charge in [0.05, 0.1) is 6.61 Å². The topological polar surface area (TPSA) is 84.7 Å². The van der Waals surface area contributed by atoms with E-state index in [1.54, 1.807) is 0 Å². The summed E-state index contributed by atoms with van der Waals surface area (Å²) in [5, 5.41) is 2.74. The maximum Gasteiger partial charge on any atom is 0.242 e. The average molecular weight is 269 g/mol. The summed E-state index contributed by atoms with van der Waals surface area (Å²) in [6.07, 6.45) is 4.26. The van der Waals surface area contributed by atoms with Crippen LogP contribution in [0.4, 0.5) is 0 Å². The van der Waals surface area contributed by atoms with Crippen LogP contribution in [-0.4, -0.2) is 55.1 Å². The molecule has 108 valence electrons. The van der Waals surface area contributed by atoms with Gasteiger partial charge in [0.1, 0.15) is 5.54 Å². The van der Waals surface area contributed by atoms with Gasteiger partial charge < -0.3 is 20.7 Å². The Morgan fingerprint density at radius 2 is 2.00 bits per heavy atom. The Morgan fingerprint density at radius 3 is 2.63 bits per heavy atom. The van der Waals surface area contributed by atoms with Crippen LogP contribution >= 0.6 is 0 Å². The van der Waals surface area contributed by atoms with E-state index in [1.165, 1.54) is 6.42 Å². The van der Waals surface area contributed by atoms with Crippen molar-refractivity contribution in [2.24, 2.45) is 5.73 Å². The van der Waals surface area contributed by atoms with Crippen molar-refractivity contribution >= 4 is 11.8 Å². The van der Waals surface area contributed by atoms with E-state index in [4.69, 9.17) is 10.5 Å². The van der Waals surface area contributed by atoms with Gasteiger partial charge in [0.15, 0.2) is 0 Å². The molecule has 2 heterocycles. The molecule has 2 amide bonds. The first-order valence-electron chi connectivity index (χ1n) is 7.04. The van der Waals surface area contributed by atoms with E-state index < -0.39 is 5.54 Å². The van der Waals surface area contributed by atoms with Gasteiger partial charge in [0, 0.05) is 32.7 Å². The van der Waals surface area contributed by atoms with Gasteiger partial charge in [-0.25, -0.2) is 0 Å². The number of hydrogen-bond donors (Lipinski definition) is 2. The number of piperidine rings is 1. The molecule has 0 aromatic heterocycles. The summed E-state index contributed by atoms with van der Waals surface area (Å²) in [5.41, 5.74) is 5.02. The Hall–Kier alpha value is -1.14. The summed E-state index contributed by atoms with van der Waals surface area (Å²) in [4.78, 5) is 25.7. The Balaban J connectivity index is 1.68. The SMILES string of the molecule is NC1(C(=O)NCCC(=O)N2CCCCC2)CCOC1. The molecule has 0 saturated carbocycles. The predicted octanol–water partition coefficient (Wildman–Crippen LogP) is -0.377. The lowest BCUT2D eigenvalue weighted by Crippen LogP contribution is -2.55. The smallest absolute Gasteiger partial charge is 0.242 e. The second-order valence-electron chi connectivity index (χ2n) is 5.41. The minimum Gasteiger partial charge on any atom is -0.379 e. The molecule has 19 heavy (non-hydrogen) atoms. The van der Waals surface area contributed by atoms with Crippen molar-refractivity contribution in [2.75, 3.05) is 32.8 Å². The lowest BCUT2D eigenvalue weighted by Gasteiger charge is -2.27. The van der Waals surface area contributed by atoms with Crippen LogP contribution in [0.1, 0.15) is 32.1 Å². The highest BCUT2D eigenvalue weighted by Gasteiger charge is 2.38. The molecule has 0 aliphatic carbocycles. The lowest BCUT2D eigenvalue weighted by molar-refractivity contribution is -0.132. The summed E-state index contributed by atoms with van der Waals surface area (Å²) in [7, 11) is 0. The molecule has 6 heteroatoms. The van der Waals surface area contributed by atoms with E-state index in [9.17, 15) is 9.59 Å². The predicted molar refractivity (Wildman–Crippen MR) is 70.4 cm³/mol. The summed E-state index contributed by atoms with van der Waals surface area (Å²) < 4.78 is 5.14. The number of nitrogens with one attached hydrogen (secondary N) is 1. The summed E-state index contributed by atoms with van der Waals surface area (Å²) in [6, 6.07) is 0. The van der Waals surface area contributed by atoms with E-state index in [-0.39, 0.29) is 18.4 Å². The van der Waals surface area contributed by atoms with E-state index >= 15 is 0 Å². The molecule has 2 rings (SSSR count). The zero-order valence-electron chi connectivity index (χ0n) is 11.3. The summed E-state index contributed by atoms with van der Waals surface area (Å²) >= 11 is 0. The molecule has 6 nitrogen and oxygen atoms in total. The van der Waals surface area contributed by atoms with E-state index in [2.05, 4.69) is 5.32 Å². The number of amides is 2. The molecular formula is C13H23N3O3. The largest absolute Gasteiger partial charge is 0.379 e. The zero-order valence-corrected chi connectivity index (χ0v) is 11.3. The van der Waals surface area contributed by atoms with Gasteiger partial charge in [0.25, 0.3) is 0 Å². The second-order valence-corrected chi connectivity index (χ2v) is 5.41. The fourth-order valence-electron chi connectivity index (χ4n) is 2.52. The molecule has 2 aliphatic heterocycles. The van der Waals surface area contributed by atoms with Crippen LogP contribution in [0, 0.1) is 0 Å². The molecule has 0 aromatic carbocycles. The monoisotopic (exact) mass is 269 g/mol. The maximum absolute atomic E-state index is 11.9. The first-order chi connectivity index (χ1) is 9.12. The summed E-state index contributed by atoms with van der Waals surface area (Å²) in [5.74, 6) is -0.0924. The van der Waals surface area contributed by atoms with Crippen molar-refractivity contribution in [2.45, 2.75) is 37.6 Å². The minimum atomic E-state index is -0.909. The third-order valence-electron chi connectivity index (χ3n) is 3.84. The van der Waals surface area contributed by atoms with Gasteiger partial charge in [-0.1, -0.05) is 0 Å². The number of likely N-dealkylation sites (tertiary alicyclic amines) is 1. The highest BCUT2D eigenvalue weighted by atomic mass is 16.5. The number of nitrogens with zero attached hydrogens (tertiary/aromatic N) is 1. The number of rotatable bonds is 4. The van der Waals surface area contributed by atoms with E-state index in [0.717, 1.165) is 25.9 Å². The Labute approximate surface area is 113 Å². The molecule has 1 atom stereocenters. The van der Waals surface area contributed by atoms with Gasteiger partial charge in [0.2, 0.25) is 11.8 Å². The van der Waals surface area contributed by atoms with Crippen LogP contribution in [0.2, 0.25) is 0 Å². The van der Waals surface area contributed by atoms with Crippen molar-refractivity contribution in [3.05, 3.63) is 0 Å². The fourth-order valence-corrected chi connectivity index (χ4v) is 2.52. The third-order valence-corrected chi connectivity index (χ3v) is 3.84. The quantitative estimate of drug-likeness (QED) is 0.729. The van der Waals surface area contributed by atoms with E-state index in [1.807, 2.05) is 4.90 Å². The van der Waals surface area contributed by atoms with Crippen LogP contribution in [0.5, 0.6) is 0 Å². The van der Waals surface area contributed by atoms with Crippen LogP contribution in [-0.2, 0) is 14.3 Å². The highest BCUT2D eigenvalue weighted by molar-refractivity contribution is 5.87. The normalized spacial score (nSPS) is 27.3. The van der Waals surface area contributed by atoms with Crippen molar-refractivity contribution in [3.8, 4) is 0 Å². The maximum atomic E-state index is 11.9. The molecule has 0 aromatic rings. The van der Waals surface area contributed by atoms with Crippen LogP contribution in [0.3, 0.4) is 0 Å². The second kappa shape index (κ2) is 6.34. The molecule has 3 N–H and O–H groups in total. The zero-order chi connectivity index (χ0) is 13.7. The van der Waals surface area contributed by atoms with Gasteiger partial charge in [-0.05, 0) is 25.7 Å². The Kier molecular flexibility index (Phi) is 4.76. The van der Waals surface area contributed by atoms with Gasteiger partial charge in [-0.15, -0.1) is 0 Å². The minimum absolute atomic E-state index is 0.119. The standard InChI is InChI=1S/C13H23N3O3/c14-13(5-9-19-10-13)12(18)15-6-4-11(17)16-7-2-1-3-8-16/h1-10,14H2,(H,15,18). The average Bonchev–Trinajstić information content (AvgIpc) is 2.88. The third kappa shape index (κ3) is 3.67. The van der Waals surface area contributed by atoms with Crippen molar-refractivity contribution < 1.29 is 14.3 Å². The van der Waals surface area contributed by atoms with E-state index in [0.29, 0.717) is 26.0 Å². The molecule has 2 aliphatic rings. The number of nitrogens with two attached hydrogens (primary N) is 1. The molecular weight excluding hydrogens is 246 g/mol. The fraction of sp³-hybridized carbons (Fsp3) is 0.846. The number of carbonyl (C=O) groups excluding carboxylic acids is 2. The first kappa shape index (κ1) is 14.3. The molecule has 2 saturated heterocycles.